The van der Waals surface area contributed by atoms with Crippen LogP contribution in [0.1, 0.15) is 54.2 Å². The van der Waals surface area contributed by atoms with Gasteiger partial charge in [0.1, 0.15) is 0 Å². The van der Waals surface area contributed by atoms with Gasteiger partial charge in [-0.15, -0.1) is 22.7 Å². The molecule has 1 amide bonds. The number of nitrogens with one attached hydrogen (secondary N) is 1. The van der Waals surface area contributed by atoms with E-state index >= 15 is 0 Å². The Labute approximate surface area is 203 Å². The third-order valence-corrected chi connectivity index (χ3v) is 7.29. The van der Waals surface area contributed by atoms with Gasteiger partial charge in [-0.2, -0.15) is 0 Å². The van der Waals surface area contributed by atoms with Crippen LogP contribution < -0.4 is 5.32 Å². The monoisotopic (exact) mass is 497 g/mol. The van der Waals surface area contributed by atoms with Crippen molar-refractivity contribution in [1.82, 2.24) is 15.5 Å². The zero-order chi connectivity index (χ0) is 24.6. The Bertz CT molecular complexity index is 1420. The fraction of sp³-hybridized carbons (Fsp3) is 0.292. The van der Waals surface area contributed by atoms with Crippen LogP contribution in [0.3, 0.4) is 0 Å². The Balaban J connectivity index is 1.60. The van der Waals surface area contributed by atoms with Crippen molar-refractivity contribution in [3.05, 3.63) is 55.0 Å². The smallest absolute Gasteiger partial charge is 0.339 e. The first kappa shape index (κ1) is 23.8. The molecule has 0 bridgehead atoms. The number of esters is 1. The highest BCUT2D eigenvalue weighted by atomic mass is 32.1. The topological polar surface area (TPSA) is 111 Å². The lowest BCUT2D eigenvalue weighted by atomic mass is 10.1. The second-order valence-electron chi connectivity index (χ2n) is 7.92. The molecule has 0 fully saturated rings. The van der Waals surface area contributed by atoms with Crippen LogP contribution in [0.25, 0.3) is 22.4 Å². The van der Waals surface area contributed by atoms with Gasteiger partial charge in [-0.3, -0.25) is 9.59 Å². The molecule has 176 valence electrons. The number of ketones is 1. The van der Waals surface area contributed by atoms with Crippen LogP contribution in [0.15, 0.2) is 28.8 Å². The molecule has 0 saturated heterocycles. The summed E-state index contributed by atoms with van der Waals surface area (Å²) in [4.78, 5) is 45.2. The lowest BCUT2D eigenvalue weighted by molar-refractivity contribution is -0.119. The summed E-state index contributed by atoms with van der Waals surface area (Å²) in [6, 6.07) is 7.11. The van der Waals surface area contributed by atoms with Gasteiger partial charge in [0, 0.05) is 27.1 Å². The predicted molar refractivity (Wildman–Crippen MR) is 130 cm³/mol. The summed E-state index contributed by atoms with van der Waals surface area (Å²) in [6.07, 6.45) is -1.00. The molecule has 10 heteroatoms. The first-order valence-electron chi connectivity index (χ1n) is 10.6. The Hall–Kier alpha value is -3.37. The summed E-state index contributed by atoms with van der Waals surface area (Å²) in [6.45, 7) is 9.03. The van der Waals surface area contributed by atoms with Crippen LogP contribution in [-0.4, -0.2) is 33.9 Å². The van der Waals surface area contributed by atoms with Gasteiger partial charge < -0.3 is 14.6 Å². The van der Waals surface area contributed by atoms with E-state index in [0.29, 0.717) is 28.2 Å². The average molecular weight is 498 g/mol. The van der Waals surface area contributed by atoms with Crippen LogP contribution in [0.4, 0.5) is 0 Å². The zero-order valence-corrected chi connectivity index (χ0v) is 21.0. The minimum atomic E-state index is -1.00. The van der Waals surface area contributed by atoms with Gasteiger partial charge in [-0.05, 0) is 52.0 Å². The molecule has 34 heavy (non-hydrogen) atoms. The molecule has 1 unspecified atom stereocenters. The van der Waals surface area contributed by atoms with Crippen molar-refractivity contribution >= 4 is 51.4 Å². The molecule has 0 aromatic carbocycles. The van der Waals surface area contributed by atoms with Gasteiger partial charge in [0.05, 0.1) is 33.8 Å². The number of carbonyl (C=O) groups is 3. The first-order chi connectivity index (χ1) is 16.1. The molecule has 8 nitrogen and oxygen atoms in total. The van der Waals surface area contributed by atoms with Crippen molar-refractivity contribution in [3.8, 4) is 11.3 Å². The predicted octanol–water partition coefficient (Wildman–Crippen LogP) is 5.00. The molecule has 0 radical (unpaired) electrons. The van der Waals surface area contributed by atoms with Crippen LogP contribution in [0.2, 0.25) is 0 Å². The number of Topliss-reactive ketones (excluding diaryl/α,β-unsaturated/α-hetero) is 1. The molecule has 4 aromatic heterocycles. The van der Waals surface area contributed by atoms with E-state index in [1.54, 1.807) is 43.4 Å². The van der Waals surface area contributed by atoms with Crippen LogP contribution in [0, 0.1) is 20.8 Å². The molecule has 4 aromatic rings. The SMILES string of the molecule is CC(=O)NCc1ccc(C(=O)C(C)OC(=O)c2cc(-c3cc(C)sc3C)nc3onc(C)c23)s1. The Morgan fingerprint density at radius 2 is 1.91 bits per heavy atom. The number of thiophene rings is 2. The van der Waals surface area contributed by atoms with Crippen molar-refractivity contribution < 1.29 is 23.6 Å². The third-order valence-electron chi connectivity index (χ3n) is 5.22. The molecule has 0 spiro atoms. The number of hydrogen-bond donors (Lipinski definition) is 1. The zero-order valence-electron chi connectivity index (χ0n) is 19.3. The molecule has 0 aliphatic heterocycles. The molecule has 4 rings (SSSR count). The van der Waals surface area contributed by atoms with Gasteiger partial charge in [-0.1, -0.05) is 5.16 Å². The first-order valence-corrected chi connectivity index (χ1v) is 12.2. The Morgan fingerprint density at radius 3 is 2.59 bits per heavy atom. The van der Waals surface area contributed by atoms with E-state index in [1.165, 1.54) is 18.3 Å². The number of aryl methyl sites for hydroxylation is 3. The normalized spacial score (nSPS) is 12.0. The number of amides is 1. The molecule has 0 aliphatic carbocycles. The minimum Gasteiger partial charge on any atom is -0.451 e. The maximum Gasteiger partial charge on any atom is 0.339 e. The lowest BCUT2D eigenvalue weighted by Crippen LogP contribution is -2.24. The summed E-state index contributed by atoms with van der Waals surface area (Å²) >= 11 is 2.89. The average Bonchev–Trinajstić information content (AvgIpc) is 3.49. The summed E-state index contributed by atoms with van der Waals surface area (Å²) in [7, 11) is 0. The summed E-state index contributed by atoms with van der Waals surface area (Å²) < 4.78 is 10.9. The summed E-state index contributed by atoms with van der Waals surface area (Å²) in [5, 5.41) is 7.12. The van der Waals surface area contributed by atoms with Crippen molar-refractivity contribution in [2.75, 3.05) is 0 Å². The number of hydrogen-bond acceptors (Lipinski definition) is 9. The van der Waals surface area contributed by atoms with Crippen LogP contribution >= 0.6 is 22.7 Å². The van der Waals surface area contributed by atoms with Crippen LogP contribution in [0.5, 0.6) is 0 Å². The molecule has 1 atom stereocenters. The number of rotatable bonds is 7. The standard InChI is InChI=1S/C24H23N3O5S2/c1-11-8-17(14(4)33-11)19-9-18(21-12(2)27-32-23(21)26-19)24(30)31-13(3)22(29)20-7-6-16(34-20)10-25-15(5)28/h6-9,13H,10H2,1-5H3,(H,25,28). The second kappa shape index (κ2) is 9.47. The van der Waals surface area contributed by atoms with Gasteiger partial charge in [0.25, 0.3) is 5.71 Å². The number of fused-ring (bicyclic) bond motifs is 1. The maximum atomic E-state index is 13.2. The molecule has 0 saturated carbocycles. The maximum absolute atomic E-state index is 13.2. The number of carbonyl (C=O) groups excluding carboxylic acids is 3. The van der Waals surface area contributed by atoms with E-state index in [9.17, 15) is 14.4 Å². The highest BCUT2D eigenvalue weighted by Gasteiger charge is 2.26. The van der Waals surface area contributed by atoms with E-state index in [1.807, 2.05) is 19.9 Å². The third kappa shape index (κ3) is 4.78. The Morgan fingerprint density at radius 1 is 1.15 bits per heavy atom. The van der Waals surface area contributed by atoms with Crippen LogP contribution in [-0.2, 0) is 16.1 Å². The fourth-order valence-corrected chi connectivity index (χ4v) is 5.47. The largest absolute Gasteiger partial charge is 0.451 e. The van der Waals surface area contributed by atoms with Crippen molar-refractivity contribution in [2.24, 2.45) is 0 Å². The number of ether oxygens (including phenoxy) is 1. The van der Waals surface area contributed by atoms with Gasteiger partial charge in [0.2, 0.25) is 11.7 Å². The van der Waals surface area contributed by atoms with E-state index in [4.69, 9.17) is 9.26 Å². The van der Waals surface area contributed by atoms with Crippen molar-refractivity contribution in [3.63, 3.8) is 0 Å². The quantitative estimate of drug-likeness (QED) is 0.282. The highest BCUT2D eigenvalue weighted by molar-refractivity contribution is 7.14. The fourth-order valence-electron chi connectivity index (χ4n) is 3.57. The minimum absolute atomic E-state index is 0.150. The number of nitrogens with zero attached hydrogens (tertiary/aromatic N) is 2. The van der Waals surface area contributed by atoms with E-state index in [0.717, 1.165) is 20.2 Å². The van der Waals surface area contributed by atoms with Crippen molar-refractivity contribution in [2.45, 2.75) is 47.3 Å². The van der Waals surface area contributed by atoms with Gasteiger partial charge in [0.15, 0.2) is 6.10 Å². The molecule has 1 N–H and O–H groups in total. The Kier molecular flexibility index (Phi) is 6.63. The van der Waals surface area contributed by atoms with E-state index in [2.05, 4.69) is 15.5 Å². The molecular formula is C24H23N3O5S2. The van der Waals surface area contributed by atoms with E-state index in [-0.39, 0.29) is 23.0 Å². The van der Waals surface area contributed by atoms with E-state index < -0.39 is 12.1 Å². The second-order valence-corrected chi connectivity index (χ2v) is 10.5. The molecule has 4 heterocycles. The highest BCUT2D eigenvalue weighted by Crippen LogP contribution is 2.33. The lowest BCUT2D eigenvalue weighted by Gasteiger charge is -2.12. The summed E-state index contributed by atoms with van der Waals surface area (Å²) in [5.74, 6) is -1.12. The summed E-state index contributed by atoms with van der Waals surface area (Å²) in [5.41, 5.74) is 2.49. The molecule has 0 aliphatic rings. The molecular weight excluding hydrogens is 474 g/mol. The van der Waals surface area contributed by atoms with Gasteiger partial charge in [-0.25, -0.2) is 9.78 Å². The van der Waals surface area contributed by atoms with Gasteiger partial charge >= 0.3 is 5.97 Å². The number of aromatic nitrogens is 2. The van der Waals surface area contributed by atoms with Crippen molar-refractivity contribution in [1.29, 1.82) is 0 Å². The number of pyridine rings is 1.